The van der Waals surface area contributed by atoms with E-state index in [-0.39, 0.29) is 11.7 Å². The molecule has 0 saturated carbocycles. The molecule has 0 aliphatic carbocycles. The van der Waals surface area contributed by atoms with Crippen molar-refractivity contribution >= 4 is 17.7 Å². The number of rotatable bonds is 6. The number of anilines is 2. The second kappa shape index (κ2) is 7.72. The molecule has 7 heteroatoms. The van der Waals surface area contributed by atoms with Crippen molar-refractivity contribution in [3.8, 4) is 0 Å². The smallest absolute Gasteiger partial charge is 0.251 e. The maximum absolute atomic E-state index is 13.5. The van der Waals surface area contributed by atoms with Gasteiger partial charge in [0.15, 0.2) is 0 Å². The molecule has 0 unspecified atom stereocenters. The fourth-order valence-corrected chi connectivity index (χ4v) is 2.05. The minimum atomic E-state index is -0.384. The zero-order chi connectivity index (χ0) is 17.7. The van der Waals surface area contributed by atoms with Gasteiger partial charge in [0.1, 0.15) is 11.6 Å². The summed E-state index contributed by atoms with van der Waals surface area (Å²) < 4.78 is 13.5. The third kappa shape index (κ3) is 4.65. The molecular weight excluding hydrogens is 309 g/mol. The SMILES string of the molecule is Cc1cc(N(C)C)nc(NCCNC(=O)c2ccc(C)c(F)c2)n1. The quantitative estimate of drug-likeness (QED) is 0.794. The van der Waals surface area contributed by atoms with Gasteiger partial charge in [-0.3, -0.25) is 4.79 Å². The Labute approximate surface area is 141 Å². The van der Waals surface area contributed by atoms with Crippen molar-refractivity contribution in [1.82, 2.24) is 15.3 Å². The highest BCUT2D eigenvalue weighted by Gasteiger charge is 2.08. The van der Waals surface area contributed by atoms with E-state index in [0.29, 0.717) is 30.2 Å². The van der Waals surface area contributed by atoms with Crippen LogP contribution in [0.4, 0.5) is 16.2 Å². The number of aryl methyl sites for hydroxylation is 2. The molecule has 1 aromatic carbocycles. The van der Waals surface area contributed by atoms with Gasteiger partial charge in [-0.15, -0.1) is 0 Å². The van der Waals surface area contributed by atoms with E-state index in [0.717, 1.165) is 11.5 Å². The zero-order valence-electron chi connectivity index (χ0n) is 14.4. The van der Waals surface area contributed by atoms with Gasteiger partial charge in [-0.1, -0.05) is 6.07 Å². The highest BCUT2D eigenvalue weighted by molar-refractivity contribution is 5.94. The number of halogens is 1. The van der Waals surface area contributed by atoms with Crippen molar-refractivity contribution in [2.24, 2.45) is 0 Å². The van der Waals surface area contributed by atoms with Crippen molar-refractivity contribution in [2.75, 3.05) is 37.4 Å². The van der Waals surface area contributed by atoms with Gasteiger partial charge >= 0.3 is 0 Å². The van der Waals surface area contributed by atoms with Crippen molar-refractivity contribution in [1.29, 1.82) is 0 Å². The van der Waals surface area contributed by atoms with Gasteiger partial charge in [-0.05, 0) is 31.5 Å². The summed E-state index contributed by atoms with van der Waals surface area (Å²) in [5, 5.41) is 5.80. The number of benzene rings is 1. The molecular formula is C17H22FN5O. The van der Waals surface area contributed by atoms with Crippen LogP contribution in [-0.4, -0.2) is 43.1 Å². The number of hydrogen-bond acceptors (Lipinski definition) is 5. The maximum atomic E-state index is 13.5. The minimum absolute atomic E-state index is 0.305. The molecule has 0 spiro atoms. The molecule has 0 aliphatic heterocycles. The Morgan fingerprint density at radius 2 is 1.92 bits per heavy atom. The van der Waals surface area contributed by atoms with Crippen LogP contribution < -0.4 is 15.5 Å². The summed E-state index contributed by atoms with van der Waals surface area (Å²) in [4.78, 5) is 22.5. The van der Waals surface area contributed by atoms with E-state index in [9.17, 15) is 9.18 Å². The van der Waals surface area contributed by atoms with Gasteiger partial charge in [0.25, 0.3) is 5.91 Å². The van der Waals surface area contributed by atoms with Crippen molar-refractivity contribution in [3.05, 3.63) is 46.9 Å². The van der Waals surface area contributed by atoms with Gasteiger partial charge < -0.3 is 15.5 Å². The van der Waals surface area contributed by atoms with E-state index in [4.69, 9.17) is 0 Å². The molecule has 0 bridgehead atoms. The molecule has 1 heterocycles. The second-order valence-corrected chi connectivity index (χ2v) is 5.73. The molecule has 1 amide bonds. The Kier molecular flexibility index (Phi) is 5.68. The molecule has 24 heavy (non-hydrogen) atoms. The highest BCUT2D eigenvalue weighted by Crippen LogP contribution is 2.12. The van der Waals surface area contributed by atoms with Crippen LogP contribution in [0, 0.1) is 19.7 Å². The zero-order valence-corrected chi connectivity index (χ0v) is 14.4. The average Bonchev–Trinajstić information content (AvgIpc) is 2.53. The van der Waals surface area contributed by atoms with E-state index in [1.54, 1.807) is 19.1 Å². The first-order valence-corrected chi connectivity index (χ1v) is 7.68. The van der Waals surface area contributed by atoms with Crippen LogP contribution in [0.25, 0.3) is 0 Å². The Balaban J connectivity index is 1.86. The van der Waals surface area contributed by atoms with Crippen LogP contribution in [0.1, 0.15) is 21.6 Å². The van der Waals surface area contributed by atoms with Crippen LogP contribution in [0.2, 0.25) is 0 Å². The first-order valence-electron chi connectivity index (χ1n) is 7.68. The Hall–Kier alpha value is -2.70. The molecule has 0 saturated heterocycles. The number of aromatic nitrogens is 2. The predicted octanol–water partition coefficient (Wildman–Crippen LogP) is 2.14. The van der Waals surface area contributed by atoms with E-state index in [1.165, 1.54) is 6.07 Å². The van der Waals surface area contributed by atoms with Crippen LogP contribution in [0.3, 0.4) is 0 Å². The summed E-state index contributed by atoms with van der Waals surface area (Å²) in [6.07, 6.45) is 0. The first kappa shape index (κ1) is 17.7. The third-order valence-electron chi connectivity index (χ3n) is 3.43. The van der Waals surface area contributed by atoms with Crippen LogP contribution in [0.5, 0.6) is 0 Å². The molecule has 2 N–H and O–H groups in total. The molecule has 0 fully saturated rings. The van der Waals surface area contributed by atoms with Crippen LogP contribution >= 0.6 is 0 Å². The van der Waals surface area contributed by atoms with Gasteiger partial charge in [-0.25, -0.2) is 9.37 Å². The van der Waals surface area contributed by atoms with Crippen molar-refractivity contribution in [3.63, 3.8) is 0 Å². The Bertz CT molecular complexity index is 733. The summed E-state index contributed by atoms with van der Waals surface area (Å²) in [6, 6.07) is 6.32. The summed E-state index contributed by atoms with van der Waals surface area (Å²) in [6.45, 7) is 4.40. The number of hydrogen-bond donors (Lipinski definition) is 2. The lowest BCUT2D eigenvalue weighted by Crippen LogP contribution is -2.29. The van der Waals surface area contributed by atoms with Gasteiger partial charge in [0, 0.05) is 44.5 Å². The van der Waals surface area contributed by atoms with E-state index < -0.39 is 0 Å². The lowest BCUT2D eigenvalue weighted by molar-refractivity contribution is 0.0954. The van der Waals surface area contributed by atoms with Gasteiger partial charge in [0.05, 0.1) is 0 Å². The summed E-state index contributed by atoms with van der Waals surface area (Å²) >= 11 is 0. The second-order valence-electron chi connectivity index (χ2n) is 5.73. The standard InChI is InChI=1S/C17H22FN5O/c1-11-5-6-13(10-14(11)18)16(24)19-7-8-20-17-21-12(2)9-15(22-17)23(3)4/h5-6,9-10H,7-8H2,1-4H3,(H,19,24)(H,20,21,22). The number of carbonyl (C=O) groups excluding carboxylic acids is 1. The Morgan fingerprint density at radius 1 is 1.17 bits per heavy atom. The monoisotopic (exact) mass is 331 g/mol. The van der Waals surface area contributed by atoms with Crippen LogP contribution in [-0.2, 0) is 0 Å². The third-order valence-corrected chi connectivity index (χ3v) is 3.43. The molecule has 2 aromatic rings. The fraction of sp³-hybridized carbons (Fsp3) is 0.353. The molecule has 0 atom stereocenters. The number of carbonyl (C=O) groups is 1. The summed E-state index contributed by atoms with van der Waals surface area (Å²) in [5.74, 6) is 0.624. The fourth-order valence-electron chi connectivity index (χ4n) is 2.05. The maximum Gasteiger partial charge on any atom is 0.251 e. The summed E-state index contributed by atoms with van der Waals surface area (Å²) in [5.41, 5.74) is 1.68. The molecule has 1 aromatic heterocycles. The lowest BCUT2D eigenvalue weighted by atomic mass is 10.1. The van der Waals surface area contributed by atoms with Crippen molar-refractivity contribution < 1.29 is 9.18 Å². The predicted molar refractivity (Wildman–Crippen MR) is 93.1 cm³/mol. The minimum Gasteiger partial charge on any atom is -0.363 e. The topological polar surface area (TPSA) is 70.2 Å². The molecule has 6 nitrogen and oxygen atoms in total. The number of nitrogens with one attached hydrogen (secondary N) is 2. The van der Waals surface area contributed by atoms with E-state index >= 15 is 0 Å². The van der Waals surface area contributed by atoms with E-state index in [1.807, 2.05) is 32.0 Å². The molecule has 0 radical (unpaired) electrons. The number of nitrogens with zero attached hydrogens (tertiary/aromatic N) is 3. The highest BCUT2D eigenvalue weighted by atomic mass is 19.1. The van der Waals surface area contributed by atoms with E-state index in [2.05, 4.69) is 20.6 Å². The van der Waals surface area contributed by atoms with Crippen LogP contribution in [0.15, 0.2) is 24.3 Å². The molecule has 2 rings (SSSR count). The Morgan fingerprint density at radius 3 is 2.58 bits per heavy atom. The number of amides is 1. The molecule has 128 valence electrons. The summed E-state index contributed by atoms with van der Waals surface area (Å²) in [7, 11) is 3.82. The van der Waals surface area contributed by atoms with Crippen molar-refractivity contribution in [2.45, 2.75) is 13.8 Å². The lowest BCUT2D eigenvalue weighted by Gasteiger charge is -2.14. The van der Waals surface area contributed by atoms with Gasteiger partial charge in [0.2, 0.25) is 5.95 Å². The van der Waals surface area contributed by atoms with Gasteiger partial charge in [-0.2, -0.15) is 4.98 Å². The average molecular weight is 331 g/mol. The molecule has 0 aliphatic rings. The largest absolute Gasteiger partial charge is 0.363 e. The normalized spacial score (nSPS) is 10.4. The first-order chi connectivity index (χ1) is 11.4.